The topological polar surface area (TPSA) is 35.3 Å². The van der Waals surface area contributed by atoms with Crippen LogP contribution in [-0.4, -0.2) is 12.1 Å². The number of benzene rings is 3. The molecule has 0 fully saturated rings. The molecule has 0 aliphatic carbocycles. The first-order valence-electron chi connectivity index (χ1n) is 8.21. The van der Waals surface area contributed by atoms with Crippen LogP contribution in [0.2, 0.25) is 5.02 Å². The SMILES string of the molecule is COc1ccc(-c2nc(-c3ccccc3)oc2-c2ccc(Cl)cc2)cc1. The minimum absolute atomic E-state index is 0.585. The molecule has 0 amide bonds. The van der Waals surface area contributed by atoms with Crippen molar-refractivity contribution in [2.45, 2.75) is 0 Å². The van der Waals surface area contributed by atoms with E-state index in [-0.39, 0.29) is 0 Å². The molecule has 4 aromatic rings. The Morgan fingerprint density at radius 2 is 1.42 bits per heavy atom. The summed E-state index contributed by atoms with van der Waals surface area (Å²) in [5, 5.41) is 0.683. The second-order valence-corrected chi connectivity index (χ2v) is 6.23. The van der Waals surface area contributed by atoms with E-state index in [1.165, 1.54) is 0 Å². The number of nitrogens with zero attached hydrogens (tertiary/aromatic N) is 1. The molecule has 0 saturated carbocycles. The Bertz CT molecular complexity index is 1010. The van der Waals surface area contributed by atoms with Crippen molar-refractivity contribution in [2.75, 3.05) is 7.11 Å². The van der Waals surface area contributed by atoms with Crippen molar-refractivity contribution >= 4 is 11.6 Å². The molecule has 4 heteroatoms. The number of hydrogen-bond acceptors (Lipinski definition) is 3. The Labute approximate surface area is 156 Å². The highest BCUT2D eigenvalue weighted by Crippen LogP contribution is 2.36. The van der Waals surface area contributed by atoms with Gasteiger partial charge < -0.3 is 9.15 Å². The second-order valence-electron chi connectivity index (χ2n) is 5.80. The Morgan fingerprint density at radius 1 is 0.769 bits per heavy atom. The lowest BCUT2D eigenvalue weighted by molar-refractivity contribution is 0.415. The Balaban J connectivity index is 1.87. The molecular weight excluding hydrogens is 346 g/mol. The van der Waals surface area contributed by atoms with E-state index in [0.29, 0.717) is 16.7 Å². The fraction of sp³-hybridized carbons (Fsp3) is 0.0455. The lowest BCUT2D eigenvalue weighted by atomic mass is 10.1. The van der Waals surface area contributed by atoms with Crippen molar-refractivity contribution in [3.05, 3.63) is 83.9 Å². The maximum absolute atomic E-state index is 6.15. The minimum Gasteiger partial charge on any atom is -0.497 e. The number of rotatable bonds is 4. The maximum Gasteiger partial charge on any atom is 0.227 e. The predicted molar refractivity (Wildman–Crippen MR) is 104 cm³/mol. The van der Waals surface area contributed by atoms with Crippen LogP contribution in [0.15, 0.2) is 83.3 Å². The van der Waals surface area contributed by atoms with Crippen LogP contribution in [0.4, 0.5) is 0 Å². The normalized spacial score (nSPS) is 10.7. The molecule has 1 aromatic heterocycles. The van der Waals surface area contributed by atoms with Crippen molar-refractivity contribution in [1.29, 1.82) is 0 Å². The molecule has 3 aromatic carbocycles. The molecular formula is C22H16ClNO2. The quantitative estimate of drug-likeness (QED) is 0.425. The molecule has 0 radical (unpaired) electrons. The number of hydrogen-bond donors (Lipinski definition) is 0. The highest BCUT2D eigenvalue weighted by atomic mass is 35.5. The standard InChI is InChI=1S/C22H16ClNO2/c1-25-19-13-9-15(10-14-19)20-21(16-7-11-18(23)12-8-16)26-22(24-20)17-5-3-2-4-6-17/h2-14H,1H3. The van der Waals surface area contributed by atoms with E-state index < -0.39 is 0 Å². The summed E-state index contributed by atoms with van der Waals surface area (Å²) in [5.41, 5.74) is 3.60. The first kappa shape index (κ1) is 16.4. The minimum atomic E-state index is 0.585. The van der Waals surface area contributed by atoms with Crippen LogP contribution in [0.3, 0.4) is 0 Å². The molecule has 0 N–H and O–H groups in total. The molecule has 26 heavy (non-hydrogen) atoms. The number of methoxy groups -OCH3 is 1. The molecule has 0 unspecified atom stereocenters. The third-order valence-electron chi connectivity index (χ3n) is 4.12. The van der Waals surface area contributed by atoms with E-state index in [2.05, 4.69) is 0 Å². The molecule has 0 saturated heterocycles. The van der Waals surface area contributed by atoms with Crippen LogP contribution in [-0.2, 0) is 0 Å². The van der Waals surface area contributed by atoms with Crippen molar-refractivity contribution < 1.29 is 9.15 Å². The van der Waals surface area contributed by atoms with Gasteiger partial charge in [0.15, 0.2) is 5.76 Å². The predicted octanol–water partition coefficient (Wildman–Crippen LogP) is 6.34. The monoisotopic (exact) mass is 361 g/mol. The van der Waals surface area contributed by atoms with E-state index in [1.54, 1.807) is 7.11 Å². The first-order valence-corrected chi connectivity index (χ1v) is 8.59. The van der Waals surface area contributed by atoms with Gasteiger partial charge in [-0.3, -0.25) is 0 Å². The van der Waals surface area contributed by atoms with Crippen LogP contribution < -0.4 is 4.74 Å². The van der Waals surface area contributed by atoms with Gasteiger partial charge in [0.1, 0.15) is 11.4 Å². The van der Waals surface area contributed by atoms with Gasteiger partial charge in [-0.2, -0.15) is 0 Å². The zero-order chi connectivity index (χ0) is 17.9. The van der Waals surface area contributed by atoms with Gasteiger partial charge in [-0.1, -0.05) is 29.8 Å². The van der Waals surface area contributed by atoms with Crippen molar-refractivity contribution in [1.82, 2.24) is 4.98 Å². The zero-order valence-electron chi connectivity index (χ0n) is 14.1. The lowest BCUT2D eigenvalue weighted by Gasteiger charge is -2.03. The number of ether oxygens (including phenoxy) is 1. The van der Waals surface area contributed by atoms with E-state index in [4.69, 9.17) is 25.7 Å². The summed E-state index contributed by atoms with van der Waals surface area (Å²) in [6, 6.07) is 25.2. The average molecular weight is 362 g/mol. The van der Waals surface area contributed by atoms with Crippen LogP contribution >= 0.6 is 11.6 Å². The average Bonchev–Trinajstić information content (AvgIpc) is 3.15. The third-order valence-corrected chi connectivity index (χ3v) is 4.37. The smallest absolute Gasteiger partial charge is 0.227 e. The van der Waals surface area contributed by atoms with Gasteiger partial charge >= 0.3 is 0 Å². The van der Waals surface area contributed by atoms with Crippen LogP contribution in [0.1, 0.15) is 0 Å². The van der Waals surface area contributed by atoms with E-state index in [1.807, 2.05) is 78.9 Å². The van der Waals surface area contributed by atoms with Gasteiger partial charge in [0.05, 0.1) is 7.11 Å². The zero-order valence-corrected chi connectivity index (χ0v) is 14.9. The van der Waals surface area contributed by atoms with Crippen molar-refractivity contribution in [3.8, 4) is 39.8 Å². The van der Waals surface area contributed by atoms with Crippen LogP contribution in [0, 0.1) is 0 Å². The van der Waals surface area contributed by atoms with Gasteiger partial charge in [0, 0.05) is 21.7 Å². The summed E-state index contributed by atoms with van der Waals surface area (Å²) in [6.07, 6.45) is 0. The van der Waals surface area contributed by atoms with Crippen LogP contribution in [0.25, 0.3) is 34.0 Å². The molecule has 128 valence electrons. The van der Waals surface area contributed by atoms with Crippen molar-refractivity contribution in [3.63, 3.8) is 0 Å². The molecule has 0 bridgehead atoms. The van der Waals surface area contributed by atoms with Crippen molar-refractivity contribution in [2.24, 2.45) is 0 Å². The Hall–Kier alpha value is -3.04. The lowest BCUT2D eigenvalue weighted by Crippen LogP contribution is -1.85. The van der Waals surface area contributed by atoms with Gasteiger partial charge in [-0.25, -0.2) is 4.98 Å². The number of aromatic nitrogens is 1. The molecule has 0 aliphatic rings. The largest absolute Gasteiger partial charge is 0.497 e. The van der Waals surface area contributed by atoms with Gasteiger partial charge in [-0.05, 0) is 60.7 Å². The highest BCUT2D eigenvalue weighted by Gasteiger charge is 2.18. The molecule has 0 spiro atoms. The Morgan fingerprint density at radius 3 is 2.08 bits per heavy atom. The van der Waals surface area contributed by atoms with Gasteiger partial charge in [0.2, 0.25) is 5.89 Å². The van der Waals surface area contributed by atoms with Gasteiger partial charge in [-0.15, -0.1) is 0 Å². The third kappa shape index (κ3) is 3.22. The molecule has 0 atom stereocenters. The Kier molecular flexibility index (Phi) is 4.46. The summed E-state index contributed by atoms with van der Waals surface area (Å²) in [7, 11) is 1.65. The molecule has 4 rings (SSSR count). The fourth-order valence-electron chi connectivity index (χ4n) is 2.77. The summed E-state index contributed by atoms with van der Waals surface area (Å²) in [4.78, 5) is 4.76. The summed E-state index contributed by atoms with van der Waals surface area (Å²) in [6.45, 7) is 0. The summed E-state index contributed by atoms with van der Waals surface area (Å²) < 4.78 is 11.4. The van der Waals surface area contributed by atoms with E-state index in [0.717, 1.165) is 28.1 Å². The number of oxazole rings is 1. The van der Waals surface area contributed by atoms with E-state index in [9.17, 15) is 0 Å². The maximum atomic E-state index is 6.15. The highest BCUT2D eigenvalue weighted by molar-refractivity contribution is 6.30. The van der Waals surface area contributed by atoms with Gasteiger partial charge in [0.25, 0.3) is 0 Å². The fourth-order valence-corrected chi connectivity index (χ4v) is 2.89. The molecule has 3 nitrogen and oxygen atoms in total. The number of halogens is 1. The van der Waals surface area contributed by atoms with Crippen LogP contribution in [0.5, 0.6) is 5.75 Å². The first-order chi connectivity index (χ1) is 12.7. The molecule has 0 aliphatic heterocycles. The van der Waals surface area contributed by atoms with E-state index >= 15 is 0 Å². The molecule has 1 heterocycles. The summed E-state index contributed by atoms with van der Waals surface area (Å²) in [5.74, 6) is 2.10. The summed E-state index contributed by atoms with van der Waals surface area (Å²) >= 11 is 6.03. The second kappa shape index (κ2) is 7.06.